The fourth-order valence-corrected chi connectivity index (χ4v) is 1.77. The molecule has 0 radical (unpaired) electrons. The molecule has 0 saturated carbocycles. The minimum atomic E-state index is -0.533. The zero-order chi connectivity index (χ0) is 14.5. The van der Waals surface area contributed by atoms with Crippen molar-refractivity contribution in [3.05, 3.63) is 30.3 Å². The Morgan fingerprint density at radius 3 is 2.75 bits per heavy atom. The van der Waals surface area contributed by atoms with Gasteiger partial charge in [0.15, 0.2) is 17.8 Å². The van der Waals surface area contributed by atoms with Crippen LogP contribution in [0.5, 0.6) is 11.5 Å². The number of carbonyl (C=O) groups is 1. The molecule has 0 saturated heterocycles. The zero-order valence-electron chi connectivity index (χ0n) is 11.5. The molecular weight excluding hydrogens is 262 g/mol. The molecule has 6 heteroatoms. The monoisotopic (exact) mass is 277 g/mol. The SMILES string of the molecule is CCOC(=O)c1ncoc1-c1ccc(OC)cc1OC. The van der Waals surface area contributed by atoms with Crippen molar-refractivity contribution in [2.75, 3.05) is 20.8 Å². The zero-order valence-corrected chi connectivity index (χ0v) is 11.5. The summed E-state index contributed by atoms with van der Waals surface area (Å²) >= 11 is 0. The summed E-state index contributed by atoms with van der Waals surface area (Å²) in [6.07, 6.45) is 1.20. The van der Waals surface area contributed by atoms with Gasteiger partial charge in [0, 0.05) is 6.07 Å². The third-order valence-electron chi connectivity index (χ3n) is 2.69. The second kappa shape index (κ2) is 6.10. The molecule has 1 aromatic carbocycles. The minimum absolute atomic E-state index is 0.121. The summed E-state index contributed by atoms with van der Waals surface area (Å²) in [5.74, 6) is 0.937. The number of aromatic nitrogens is 1. The first-order valence-corrected chi connectivity index (χ1v) is 6.04. The van der Waals surface area contributed by atoms with Crippen LogP contribution in [0.15, 0.2) is 29.0 Å². The van der Waals surface area contributed by atoms with Crippen LogP contribution < -0.4 is 9.47 Å². The molecule has 6 nitrogen and oxygen atoms in total. The maximum atomic E-state index is 11.8. The number of carbonyl (C=O) groups excluding carboxylic acids is 1. The van der Waals surface area contributed by atoms with Gasteiger partial charge in [0.25, 0.3) is 0 Å². The summed E-state index contributed by atoms with van der Waals surface area (Å²) < 4.78 is 20.7. The fraction of sp³-hybridized carbons (Fsp3) is 0.286. The molecule has 0 atom stereocenters. The highest BCUT2D eigenvalue weighted by molar-refractivity contribution is 5.94. The number of benzene rings is 1. The summed E-state index contributed by atoms with van der Waals surface area (Å²) in [4.78, 5) is 15.7. The van der Waals surface area contributed by atoms with Gasteiger partial charge in [-0.15, -0.1) is 0 Å². The number of hydrogen-bond acceptors (Lipinski definition) is 6. The van der Waals surface area contributed by atoms with Gasteiger partial charge in [-0.3, -0.25) is 0 Å². The highest BCUT2D eigenvalue weighted by Gasteiger charge is 2.22. The van der Waals surface area contributed by atoms with Crippen LogP contribution in [0.4, 0.5) is 0 Å². The first-order valence-electron chi connectivity index (χ1n) is 6.04. The Labute approximate surface area is 116 Å². The number of hydrogen-bond donors (Lipinski definition) is 0. The molecule has 0 spiro atoms. The number of methoxy groups -OCH3 is 2. The van der Waals surface area contributed by atoms with E-state index >= 15 is 0 Å². The first kappa shape index (κ1) is 13.9. The molecule has 20 heavy (non-hydrogen) atoms. The number of nitrogens with zero attached hydrogens (tertiary/aromatic N) is 1. The fourth-order valence-electron chi connectivity index (χ4n) is 1.77. The summed E-state index contributed by atoms with van der Waals surface area (Å²) in [6, 6.07) is 5.18. The van der Waals surface area contributed by atoms with Gasteiger partial charge in [-0.05, 0) is 19.1 Å². The van der Waals surface area contributed by atoms with Crippen molar-refractivity contribution in [3.63, 3.8) is 0 Å². The molecule has 0 unspecified atom stereocenters. The second-order valence-electron chi connectivity index (χ2n) is 3.82. The molecule has 0 aliphatic rings. The normalized spacial score (nSPS) is 10.2. The molecule has 0 amide bonds. The van der Waals surface area contributed by atoms with Crippen molar-refractivity contribution in [2.45, 2.75) is 6.92 Å². The van der Waals surface area contributed by atoms with Crippen molar-refractivity contribution in [1.82, 2.24) is 4.98 Å². The predicted molar refractivity (Wildman–Crippen MR) is 71.0 cm³/mol. The highest BCUT2D eigenvalue weighted by Crippen LogP contribution is 2.35. The average molecular weight is 277 g/mol. The third-order valence-corrected chi connectivity index (χ3v) is 2.69. The van der Waals surface area contributed by atoms with E-state index in [1.165, 1.54) is 13.5 Å². The van der Waals surface area contributed by atoms with Gasteiger partial charge < -0.3 is 18.6 Å². The summed E-state index contributed by atoms with van der Waals surface area (Å²) in [6.45, 7) is 2.00. The topological polar surface area (TPSA) is 70.8 Å². The highest BCUT2D eigenvalue weighted by atomic mass is 16.5. The summed E-state index contributed by atoms with van der Waals surface area (Å²) in [5, 5.41) is 0. The number of rotatable bonds is 5. The molecule has 0 bridgehead atoms. The summed E-state index contributed by atoms with van der Waals surface area (Å²) in [5.41, 5.74) is 0.726. The van der Waals surface area contributed by atoms with Crippen molar-refractivity contribution >= 4 is 5.97 Å². The van der Waals surface area contributed by atoms with Crippen LogP contribution >= 0.6 is 0 Å². The molecule has 0 aliphatic carbocycles. The largest absolute Gasteiger partial charge is 0.497 e. The van der Waals surface area contributed by atoms with Gasteiger partial charge >= 0.3 is 5.97 Å². The van der Waals surface area contributed by atoms with E-state index in [-0.39, 0.29) is 12.3 Å². The third kappa shape index (κ3) is 2.59. The number of oxazole rings is 1. The second-order valence-corrected chi connectivity index (χ2v) is 3.82. The maximum absolute atomic E-state index is 11.8. The standard InChI is InChI=1S/C14H15NO5/c1-4-19-14(16)12-13(20-8-15-12)10-6-5-9(17-2)7-11(10)18-3/h5-8H,4H2,1-3H3. The van der Waals surface area contributed by atoms with Crippen LogP contribution in [0, 0.1) is 0 Å². The summed E-state index contributed by atoms with van der Waals surface area (Å²) in [7, 11) is 3.09. The number of ether oxygens (including phenoxy) is 3. The maximum Gasteiger partial charge on any atom is 0.360 e. The quantitative estimate of drug-likeness (QED) is 0.782. The molecule has 2 rings (SSSR count). The van der Waals surface area contributed by atoms with Gasteiger partial charge in [0.2, 0.25) is 0 Å². The molecule has 0 aliphatic heterocycles. The Morgan fingerprint density at radius 2 is 2.10 bits per heavy atom. The molecular formula is C14H15NO5. The molecule has 1 heterocycles. The van der Waals surface area contributed by atoms with Crippen LogP contribution in [0.3, 0.4) is 0 Å². The van der Waals surface area contributed by atoms with Crippen molar-refractivity contribution in [3.8, 4) is 22.8 Å². The van der Waals surface area contributed by atoms with E-state index in [0.717, 1.165) is 0 Å². The lowest BCUT2D eigenvalue weighted by Crippen LogP contribution is -2.06. The molecule has 2 aromatic rings. The van der Waals surface area contributed by atoms with E-state index in [4.69, 9.17) is 18.6 Å². The molecule has 1 aromatic heterocycles. The van der Waals surface area contributed by atoms with Crippen LogP contribution in [0.2, 0.25) is 0 Å². The van der Waals surface area contributed by atoms with Gasteiger partial charge in [-0.2, -0.15) is 0 Å². The Kier molecular flexibility index (Phi) is 4.24. The number of esters is 1. The molecule has 0 N–H and O–H groups in total. The van der Waals surface area contributed by atoms with Crippen LogP contribution in [-0.4, -0.2) is 31.8 Å². The molecule has 0 fully saturated rings. The predicted octanol–water partition coefficient (Wildman–Crippen LogP) is 2.54. The van der Waals surface area contributed by atoms with E-state index in [1.807, 2.05) is 0 Å². The Morgan fingerprint density at radius 1 is 1.30 bits per heavy atom. The Bertz CT molecular complexity index is 605. The van der Waals surface area contributed by atoms with Gasteiger partial charge in [-0.25, -0.2) is 9.78 Å². The van der Waals surface area contributed by atoms with Crippen LogP contribution in [0.1, 0.15) is 17.4 Å². The van der Waals surface area contributed by atoms with Crippen LogP contribution in [0.25, 0.3) is 11.3 Å². The van der Waals surface area contributed by atoms with Crippen molar-refractivity contribution in [2.24, 2.45) is 0 Å². The van der Waals surface area contributed by atoms with Gasteiger partial charge in [0.05, 0.1) is 26.4 Å². The van der Waals surface area contributed by atoms with E-state index in [1.54, 1.807) is 32.2 Å². The van der Waals surface area contributed by atoms with Gasteiger partial charge in [0.1, 0.15) is 11.5 Å². The molecule has 106 valence electrons. The van der Waals surface area contributed by atoms with Crippen molar-refractivity contribution in [1.29, 1.82) is 0 Å². The van der Waals surface area contributed by atoms with E-state index in [2.05, 4.69) is 4.98 Å². The minimum Gasteiger partial charge on any atom is -0.497 e. The van der Waals surface area contributed by atoms with E-state index in [0.29, 0.717) is 22.8 Å². The van der Waals surface area contributed by atoms with E-state index < -0.39 is 5.97 Å². The Balaban J connectivity index is 2.47. The van der Waals surface area contributed by atoms with Crippen molar-refractivity contribution < 1.29 is 23.4 Å². The Hall–Kier alpha value is -2.50. The lowest BCUT2D eigenvalue weighted by molar-refractivity contribution is 0.0520. The smallest absolute Gasteiger partial charge is 0.360 e. The first-order chi connectivity index (χ1) is 9.71. The van der Waals surface area contributed by atoms with E-state index in [9.17, 15) is 4.79 Å². The average Bonchev–Trinajstić information content (AvgIpc) is 2.96. The van der Waals surface area contributed by atoms with Crippen LogP contribution in [-0.2, 0) is 4.74 Å². The lowest BCUT2D eigenvalue weighted by Gasteiger charge is -2.09. The van der Waals surface area contributed by atoms with Gasteiger partial charge in [-0.1, -0.05) is 0 Å². The lowest BCUT2D eigenvalue weighted by atomic mass is 10.1.